The predicted molar refractivity (Wildman–Crippen MR) is 100 cm³/mol. The van der Waals surface area contributed by atoms with Gasteiger partial charge in [-0.25, -0.2) is 0 Å². The molecule has 3 nitrogen and oxygen atoms in total. The molecule has 0 unspecified atom stereocenters. The van der Waals surface area contributed by atoms with Crippen LogP contribution in [-0.4, -0.2) is 17.7 Å². The van der Waals surface area contributed by atoms with E-state index in [1.807, 2.05) is 24.3 Å². The first-order chi connectivity index (χ1) is 12.2. The van der Waals surface area contributed by atoms with Crippen molar-refractivity contribution in [3.8, 4) is 5.75 Å². The molecule has 3 aromatic rings. The Labute approximate surface area is 147 Å². The Balaban J connectivity index is 1.53. The molecule has 0 aromatic heterocycles. The van der Waals surface area contributed by atoms with Crippen LogP contribution in [0.4, 0.5) is 0 Å². The van der Waals surface area contributed by atoms with Gasteiger partial charge < -0.3 is 9.84 Å². The molecule has 3 heteroatoms. The van der Waals surface area contributed by atoms with Crippen molar-refractivity contribution in [2.45, 2.75) is 25.7 Å². The minimum Gasteiger partial charge on any atom is -0.493 e. The Bertz CT molecular complexity index is 855. The zero-order chi connectivity index (χ0) is 17.5. The Hall–Kier alpha value is -2.81. The minimum absolute atomic E-state index is 0.201. The van der Waals surface area contributed by atoms with Gasteiger partial charge in [-0.05, 0) is 46.9 Å². The van der Waals surface area contributed by atoms with Gasteiger partial charge in [-0.1, -0.05) is 54.6 Å². The molecule has 0 atom stereocenters. The van der Waals surface area contributed by atoms with Crippen molar-refractivity contribution in [2.24, 2.45) is 0 Å². The molecule has 1 N–H and O–H groups in total. The largest absolute Gasteiger partial charge is 0.493 e. The van der Waals surface area contributed by atoms with E-state index >= 15 is 0 Å². The van der Waals surface area contributed by atoms with Gasteiger partial charge in [-0.15, -0.1) is 0 Å². The van der Waals surface area contributed by atoms with E-state index in [9.17, 15) is 4.79 Å². The number of carboxylic acids is 1. The van der Waals surface area contributed by atoms with Crippen LogP contribution in [0.25, 0.3) is 10.8 Å². The molecule has 0 saturated heterocycles. The first-order valence-electron chi connectivity index (χ1n) is 8.62. The molecule has 0 spiro atoms. The average Bonchev–Trinajstić information content (AvgIpc) is 2.62. The standard InChI is InChI=1S/C22H22O3/c23-22(24)10-4-6-17-5-3-9-21(16-17)25-14-13-18-11-12-19-7-1-2-8-20(19)15-18/h1-3,5,7-9,11-12,15-16H,4,6,10,13-14H2,(H,23,24). The number of carboxylic acid groups (broad SMARTS) is 1. The molecule has 0 aliphatic carbocycles. The topological polar surface area (TPSA) is 46.5 Å². The van der Waals surface area contributed by atoms with E-state index in [-0.39, 0.29) is 6.42 Å². The molecule has 128 valence electrons. The van der Waals surface area contributed by atoms with Crippen LogP contribution >= 0.6 is 0 Å². The average molecular weight is 334 g/mol. The van der Waals surface area contributed by atoms with Gasteiger partial charge in [-0.2, -0.15) is 0 Å². The van der Waals surface area contributed by atoms with Crippen molar-refractivity contribution in [1.29, 1.82) is 0 Å². The van der Waals surface area contributed by atoms with Crippen LogP contribution in [-0.2, 0) is 17.6 Å². The number of ether oxygens (including phenoxy) is 1. The highest BCUT2D eigenvalue weighted by Crippen LogP contribution is 2.18. The summed E-state index contributed by atoms with van der Waals surface area (Å²) in [5, 5.41) is 11.2. The van der Waals surface area contributed by atoms with Crippen LogP contribution in [0, 0.1) is 0 Å². The number of benzene rings is 3. The van der Waals surface area contributed by atoms with Crippen molar-refractivity contribution in [3.63, 3.8) is 0 Å². The lowest BCUT2D eigenvalue weighted by atomic mass is 10.1. The lowest BCUT2D eigenvalue weighted by Crippen LogP contribution is -2.02. The van der Waals surface area contributed by atoms with Crippen LogP contribution < -0.4 is 4.74 Å². The lowest BCUT2D eigenvalue weighted by Gasteiger charge is -2.09. The highest BCUT2D eigenvalue weighted by atomic mass is 16.5. The van der Waals surface area contributed by atoms with Crippen molar-refractivity contribution in [2.75, 3.05) is 6.61 Å². The molecule has 3 rings (SSSR count). The van der Waals surface area contributed by atoms with Crippen molar-refractivity contribution >= 4 is 16.7 Å². The summed E-state index contributed by atoms with van der Waals surface area (Å²) in [5.74, 6) is 0.0939. The predicted octanol–water partition coefficient (Wildman–Crippen LogP) is 4.87. The number of hydrogen-bond acceptors (Lipinski definition) is 2. The van der Waals surface area contributed by atoms with Gasteiger partial charge in [0.1, 0.15) is 5.75 Å². The number of aliphatic carboxylic acids is 1. The Morgan fingerprint density at radius 2 is 1.64 bits per heavy atom. The highest BCUT2D eigenvalue weighted by molar-refractivity contribution is 5.82. The Morgan fingerprint density at radius 1 is 0.840 bits per heavy atom. The summed E-state index contributed by atoms with van der Waals surface area (Å²) in [4.78, 5) is 10.6. The van der Waals surface area contributed by atoms with E-state index in [4.69, 9.17) is 9.84 Å². The first kappa shape index (κ1) is 17.0. The Morgan fingerprint density at radius 3 is 2.48 bits per heavy atom. The van der Waals surface area contributed by atoms with Gasteiger partial charge in [0, 0.05) is 12.8 Å². The molecule has 0 aliphatic heterocycles. The maximum atomic E-state index is 10.6. The van der Waals surface area contributed by atoms with Crippen LogP contribution in [0.3, 0.4) is 0 Å². The summed E-state index contributed by atoms with van der Waals surface area (Å²) in [6.45, 7) is 0.622. The van der Waals surface area contributed by atoms with E-state index in [2.05, 4.69) is 42.5 Å². The van der Waals surface area contributed by atoms with E-state index in [1.54, 1.807) is 0 Å². The molecule has 0 bridgehead atoms. The van der Waals surface area contributed by atoms with Gasteiger partial charge in [0.05, 0.1) is 6.61 Å². The third-order valence-electron chi connectivity index (χ3n) is 4.23. The summed E-state index contributed by atoms with van der Waals surface area (Å²) in [7, 11) is 0. The molecule has 0 fully saturated rings. The third-order valence-corrected chi connectivity index (χ3v) is 4.23. The van der Waals surface area contributed by atoms with Gasteiger partial charge in [0.25, 0.3) is 0 Å². The van der Waals surface area contributed by atoms with E-state index in [0.717, 1.165) is 24.2 Å². The zero-order valence-electron chi connectivity index (χ0n) is 14.2. The molecular formula is C22H22O3. The van der Waals surface area contributed by atoms with Crippen LogP contribution in [0.1, 0.15) is 24.0 Å². The number of hydrogen-bond donors (Lipinski definition) is 1. The molecule has 3 aromatic carbocycles. The summed E-state index contributed by atoms with van der Waals surface area (Å²) >= 11 is 0. The summed E-state index contributed by atoms with van der Waals surface area (Å²) < 4.78 is 5.87. The van der Waals surface area contributed by atoms with Crippen LogP contribution in [0.5, 0.6) is 5.75 Å². The van der Waals surface area contributed by atoms with Gasteiger partial charge in [0.2, 0.25) is 0 Å². The SMILES string of the molecule is O=C(O)CCCc1cccc(OCCc2ccc3ccccc3c2)c1. The summed E-state index contributed by atoms with van der Waals surface area (Å²) in [6, 6.07) is 22.8. The normalized spacial score (nSPS) is 10.7. The van der Waals surface area contributed by atoms with Gasteiger partial charge in [0.15, 0.2) is 0 Å². The van der Waals surface area contributed by atoms with E-state index in [0.29, 0.717) is 13.0 Å². The van der Waals surface area contributed by atoms with Gasteiger partial charge in [-0.3, -0.25) is 4.79 Å². The second-order valence-electron chi connectivity index (χ2n) is 6.17. The molecule has 0 saturated carbocycles. The van der Waals surface area contributed by atoms with Crippen molar-refractivity contribution in [1.82, 2.24) is 0 Å². The second kappa shape index (κ2) is 8.34. The first-order valence-corrected chi connectivity index (χ1v) is 8.62. The third kappa shape index (κ3) is 5.08. The molecule has 0 amide bonds. The number of fused-ring (bicyclic) bond motifs is 1. The fraction of sp³-hybridized carbons (Fsp3) is 0.227. The molecular weight excluding hydrogens is 312 g/mol. The van der Waals surface area contributed by atoms with Crippen molar-refractivity contribution < 1.29 is 14.6 Å². The molecule has 25 heavy (non-hydrogen) atoms. The second-order valence-corrected chi connectivity index (χ2v) is 6.17. The fourth-order valence-electron chi connectivity index (χ4n) is 2.92. The summed E-state index contributed by atoms with van der Waals surface area (Å²) in [6.07, 6.45) is 2.46. The van der Waals surface area contributed by atoms with E-state index in [1.165, 1.54) is 16.3 Å². The molecule has 0 aliphatic rings. The monoisotopic (exact) mass is 334 g/mol. The number of rotatable bonds is 8. The van der Waals surface area contributed by atoms with Crippen LogP contribution in [0.15, 0.2) is 66.7 Å². The Kier molecular flexibility index (Phi) is 5.68. The van der Waals surface area contributed by atoms with Crippen LogP contribution in [0.2, 0.25) is 0 Å². The summed E-state index contributed by atoms with van der Waals surface area (Å²) in [5.41, 5.74) is 2.38. The van der Waals surface area contributed by atoms with Gasteiger partial charge >= 0.3 is 5.97 Å². The maximum absolute atomic E-state index is 10.6. The smallest absolute Gasteiger partial charge is 0.303 e. The van der Waals surface area contributed by atoms with Crippen molar-refractivity contribution in [3.05, 3.63) is 77.9 Å². The minimum atomic E-state index is -0.747. The molecule has 0 heterocycles. The maximum Gasteiger partial charge on any atom is 0.303 e. The zero-order valence-corrected chi connectivity index (χ0v) is 14.2. The fourth-order valence-corrected chi connectivity index (χ4v) is 2.92. The lowest BCUT2D eigenvalue weighted by molar-refractivity contribution is -0.137. The quantitative estimate of drug-likeness (QED) is 0.639. The number of carbonyl (C=O) groups is 1. The van der Waals surface area contributed by atoms with E-state index < -0.39 is 5.97 Å². The molecule has 0 radical (unpaired) electrons. The highest BCUT2D eigenvalue weighted by Gasteiger charge is 2.01. The number of aryl methyl sites for hydroxylation is 1.